The summed E-state index contributed by atoms with van der Waals surface area (Å²) in [5.74, 6) is 0.767. The number of phenolic OH excluding ortho intramolecular Hbond substituents is 1. The molecule has 0 aliphatic carbocycles. The number of alkyl halides is 1. The average Bonchev–Trinajstić information content (AvgIpc) is 3.07. The molecule has 6 nitrogen and oxygen atoms in total. The molecule has 1 unspecified atom stereocenters. The van der Waals surface area contributed by atoms with E-state index >= 15 is 4.39 Å². The molecule has 7 heteroatoms. The molecule has 2 aliphatic heterocycles. The number of rotatable bonds is 3. The molecule has 0 radical (unpaired) electrons. The average molecular weight is 393 g/mol. The molecule has 2 N–H and O–H groups in total. The van der Waals surface area contributed by atoms with Gasteiger partial charge in [-0.15, -0.1) is 0 Å². The zero-order valence-electron chi connectivity index (χ0n) is 16.5. The molecule has 0 spiro atoms. The van der Waals surface area contributed by atoms with Crippen LogP contribution >= 0.6 is 0 Å². The highest BCUT2D eigenvalue weighted by molar-refractivity contribution is 5.89. The van der Waals surface area contributed by atoms with Gasteiger partial charge in [0.25, 0.3) is 0 Å². The SMILES string of the molecule is CN(c1cnc(-c2cc3ccncc3cc2O)cn1)[C@H]1C[C@]2(C)CCC(N2)[C@H]1F. The summed E-state index contributed by atoms with van der Waals surface area (Å²) < 4.78 is 15.0. The van der Waals surface area contributed by atoms with Gasteiger partial charge in [0.2, 0.25) is 0 Å². The van der Waals surface area contributed by atoms with E-state index in [1.165, 1.54) is 0 Å². The van der Waals surface area contributed by atoms with Gasteiger partial charge in [0.15, 0.2) is 0 Å². The molecule has 2 aliphatic rings. The monoisotopic (exact) mass is 393 g/mol. The summed E-state index contributed by atoms with van der Waals surface area (Å²) in [5.41, 5.74) is 1.18. The maximum Gasteiger partial charge on any atom is 0.147 e. The lowest BCUT2D eigenvalue weighted by atomic mass is 9.87. The largest absolute Gasteiger partial charge is 0.507 e. The molecule has 0 amide bonds. The van der Waals surface area contributed by atoms with Crippen molar-refractivity contribution >= 4 is 16.6 Å². The summed E-state index contributed by atoms with van der Waals surface area (Å²) in [7, 11) is 1.88. The number of phenols is 1. The molecule has 29 heavy (non-hydrogen) atoms. The Labute approximate surface area is 168 Å². The van der Waals surface area contributed by atoms with Crippen LogP contribution in [0.15, 0.2) is 43.0 Å². The van der Waals surface area contributed by atoms with E-state index in [4.69, 9.17) is 0 Å². The molecule has 2 fully saturated rings. The second-order valence-electron chi connectivity index (χ2n) is 8.53. The van der Waals surface area contributed by atoms with Gasteiger partial charge in [-0.3, -0.25) is 9.97 Å². The number of benzene rings is 1. The number of hydrogen-bond acceptors (Lipinski definition) is 6. The van der Waals surface area contributed by atoms with Gasteiger partial charge >= 0.3 is 0 Å². The molecule has 1 aromatic carbocycles. The molecule has 0 saturated carbocycles. The molecular formula is C22H24FN5O. The zero-order chi connectivity index (χ0) is 20.2. The quantitative estimate of drug-likeness (QED) is 0.710. The lowest BCUT2D eigenvalue weighted by Crippen LogP contribution is -2.60. The number of hydrogen-bond donors (Lipinski definition) is 2. The van der Waals surface area contributed by atoms with Gasteiger partial charge in [0.05, 0.1) is 24.1 Å². The Morgan fingerprint density at radius 3 is 2.86 bits per heavy atom. The topological polar surface area (TPSA) is 74.2 Å². The fourth-order valence-electron chi connectivity index (χ4n) is 4.80. The highest BCUT2D eigenvalue weighted by Crippen LogP contribution is 2.39. The Balaban J connectivity index is 1.42. The van der Waals surface area contributed by atoms with Crippen molar-refractivity contribution in [2.45, 2.75) is 50.0 Å². The van der Waals surface area contributed by atoms with Crippen LogP contribution in [0.25, 0.3) is 22.0 Å². The van der Waals surface area contributed by atoms with Crippen molar-refractivity contribution in [3.05, 3.63) is 43.0 Å². The summed E-state index contributed by atoms with van der Waals surface area (Å²) in [6, 6.07) is 5.13. The van der Waals surface area contributed by atoms with Crippen LogP contribution in [0.2, 0.25) is 0 Å². The van der Waals surface area contributed by atoms with Gasteiger partial charge in [-0.1, -0.05) is 0 Å². The predicted molar refractivity (Wildman–Crippen MR) is 111 cm³/mol. The third-order valence-corrected chi connectivity index (χ3v) is 6.48. The van der Waals surface area contributed by atoms with E-state index in [9.17, 15) is 5.11 Å². The molecule has 2 bridgehead atoms. The smallest absolute Gasteiger partial charge is 0.147 e. The lowest BCUT2D eigenvalue weighted by Gasteiger charge is -2.43. The Hall–Kier alpha value is -2.80. The zero-order valence-corrected chi connectivity index (χ0v) is 16.5. The number of aromatic nitrogens is 3. The van der Waals surface area contributed by atoms with Crippen molar-refractivity contribution in [3.63, 3.8) is 0 Å². The van der Waals surface area contributed by atoms with Crippen LogP contribution in [0.5, 0.6) is 5.75 Å². The van der Waals surface area contributed by atoms with Crippen molar-refractivity contribution < 1.29 is 9.50 Å². The molecular weight excluding hydrogens is 369 g/mol. The Morgan fingerprint density at radius 2 is 2.07 bits per heavy atom. The van der Waals surface area contributed by atoms with Crippen LogP contribution in [0.1, 0.15) is 26.2 Å². The summed E-state index contributed by atoms with van der Waals surface area (Å²) in [5, 5.41) is 15.7. The predicted octanol–water partition coefficient (Wildman–Crippen LogP) is 3.45. The van der Waals surface area contributed by atoms with Gasteiger partial charge in [-0.2, -0.15) is 0 Å². The Bertz CT molecular complexity index is 1060. The van der Waals surface area contributed by atoms with Crippen molar-refractivity contribution in [1.82, 2.24) is 20.3 Å². The van der Waals surface area contributed by atoms with Gasteiger partial charge < -0.3 is 15.3 Å². The third-order valence-electron chi connectivity index (χ3n) is 6.48. The van der Waals surface area contributed by atoms with Crippen LogP contribution < -0.4 is 10.2 Å². The van der Waals surface area contributed by atoms with Crippen LogP contribution in [0, 0.1) is 0 Å². The van der Waals surface area contributed by atoms with E-state index in [1.54, 1.807) is 30.9 Å². The maximum absolute atomic E-state index is 15.0. The first-order valence-electron chi connectivity index (χ1n) is 9.97. The van der Waals surface area contributed by atoms with Crippen molar-refractivity contribution in [2.75, 3.05) is 11.9 Å². The number of piperidine rings is 1. The second-order valence-corrected chi connectivity index (χ2v) is 8.53. The first-order chi connectivity index (χ1) is 13.9. The van der Waals surface area contributed by atoms with Gasteiger partial charge in [-0.25, -0.2) is 9.37 Å². The van der Waals surface area contributed by atoms with E-state index in [0.29, 0.717) is 17.1 Å². The normalized spacial score (nSPS) is 28.6. The Kier molecular flexibility index (Phi) is 4.17. The molecule has 2 saturated heterocycles. The van der Waals surface area contributed by atoms with Crippen molar-refractivity contribution in [1.29, 1.82) is 0 Å². The first kappa shape index (κ1) is 18.2. The molecule has 3 aromatic rings. The van der Waals surface area contributed by atoms with Crippen molar-refractivity contribution in [2.24, 2.45) is 0 Å². The van der Waals surface area contributed by atoms with Crippen LogP contribution in [0.4, 0.5) is 10.2 Å². The summed E-state index contributed by atoms with van der Waals surface area (Å²) in [4.78, 5) is 15.0. The minimum absolute atomic E-state index is 0.00864. The highest BCUT2D eigenvalue weighted by atomic mass is 19.1. The third kappa shape index (κ3) is 3.09. The number of nitrogens with one attached hydrogen (secondary N) is 1. The number of aromatic hydroxyl groups is 1. The van der Waals surface area contributed by atoms with E-state index in [2.05, 4.69) is 27.2 Å². The van der Waals surface area contributed by atoms with E-state index < -0.39 is 6.17 Å². The number of pyridine rings is 1. The van der Waals surface area contributed by atoms with Gasteiger partial charge in [0, 0.05) is 42.0 Å². The summed E-state index contributed by atoms with van der Waals surface area (Å²) in [6.45, 7) is 2.17. The van der Waals surface area contributed by atoms with Gasteiger partial charge in [0.1, 0.15) is 17.7 Å². The van der Waals surface area contributed by atoms with E-state index in [-0.39, 0.29) is 23.4 Å². The minimum atomic E-state index is -0.935. The fraction of sp³-hybridized carbons (Fsp3) is 0.409. The van der Waals surface area contributed by atoms with Crippen LogP contribution in [0.3, 0.4) is 0 Å². The minimum Gasteiger partial charge on any atom is -0.507 e. The number of nitrogens with zero attached hydrogens (tertiary/aromatic N) is 4. The van der Waals surface area contributed by atoms with Crippen LogP contribution in [-0.2, 0) is 0 Å². The molecule has 150 valence electrons. The van der Waals surface area contributed by atoms with Crippen LogP contribution in [-0.4, -0.2) is 50.9 Å². The molecule has 4 atom stereocenters. The number of halogens is 1. The fourth-order valence-corrected chi connectivity index (χ4v) is 4.80. The summed E-state index contributed by atoms with van der Waals surface area (Å²) in [6.07, 6.45) is 8.41. The van der Waals surface area contributed by atoms with Gasteiger partial charge in [-0.05, 0) is 49.8 Å². The number of fused-ring (bicyclic) bond motifs is 3. The van der Waals surface area contributed by atoms with E-state index in [0.717, 1.165) is 30.0 Å². The standard InChI is InChI=1S/C22H24FN5O/c1-22-5-3-16(27-22)21(23)18(9-22)28(2)20-12-25-17(11-26-20)15-7-13-4-6-24-10-14(13)8-19(15)29/h4,6-8,10-12,16,18,21,27,29H,3,5,9H2,1-2H3/t16?,18-,21+,22-/m0/s1. The van der Waals surface area contributed by atoms with E-state index in [1.807, 2.05) is 24.1 Å². The Morgan fingerprint density at radius 1 is 1.21 bits per heavy atom. The molecule has 2 aromatic heterocycles. The molecule has 4 heterocycles. The van der Waals surface area contributed by atoms with Crippen molar-refractivity contribution in [3.8, 4) is 17.0 Å². The number of anilines is 1. The summed E-state index contributed by atoms with van der Waals surface area (Å²) >= 11 is 0. The highest BCUT2D eigenvalue weighted by Gasteiger charge is 2.49. The maximum atomic E-state index is 15.0. The lowest BCUT2D eigenvalue weighted by molar-refractivity contribution is 0.144. The first-order valence-corrected chi connectivity index (χ1v) is 9.97. The second kappa shape index (κ2) is 6.62. The molecule has 5 rings (SSSR count).